The molecule has 3 aliphatic heterocycles. The Hall–Kier alpha value is -2.47. The van der Waals surface area contributed by atoms with Gasteiger partial charge in [0.1, 0.15) is 23.8 Å². The lowest BCUT2D eigenvalue weighted by molar-refractivity contribution is -0.0502. The smallest absolute Gasteiger partial charge is 0.410 e. The third kappa shape index (κ3) is 6.32. The Labute approximate surface area is 235 Å². The van der Waals surface area contributed by atoms with Crippen LogP contribution in [0.4, 0.5) is 19.4 Å². The van der Waals surface area contributed by atoms with Crippen molar-refractivity contribution in [1.29, 1.82) is 0 Å². The lowest BCUT2D eigenvalue weighted by Crippen LogP contribution is -2.62. The van der Waals surface area contributed by atoms with Crippen LogP contribution in [0.2, 0.25) is 0 Å². The highest BCUT2D eigenvalue weighted by molar-refractivity contribution is 9.10. The number of hydrogen-bond donors (Lipinski definition) is 0. The summed E-state index contributed by atoms with van der Waals surface area (Å²) in [4.78, 5) is 28.0. The molecule has 0 N–H and O–H groups in total. The van der Waals surface area contributed by atoms with Gasteiger partial charge in [-0.3, -0.25) is 0 Å². The van der Waals surface area contributed by atoms with Crippen molar-refractivity contribution < 1.29 is 27.8 Å². The van der Waals surface area contributed by atoms with Crippen molar-refractivity contribution in [3.8, 4) is 11.8 Å². The van der Waals surface area contributed by atoms with Gasteiger partial charge in [0.05, 0.1) is 9.99 Å². The number of rotatable bonds is 6. The van der Waals surface area contributed by atoms with Gasteiger partial charge >= 0.3 is 18.7 Å². The van der Waals surface area contributed by atoms with Crippen LogP contribution in [0, 0.1) is 5.41 Å². The van der Waals surface area contributed by atoms with Crippen LogP contribution in [0.3, 0.4) is 0 Å². The molecule has 9 nitrogen and oxygen atoms in total. The van der Waals surface area contributed by atoms with Gasteiger partial charge in [-0.05, 0) is 88.1 Å². The zero-order valence-corrected chi connectivity index (χ0v) is 24.5. The van der Waals surface area contributed by atoms with Crippen molar-refractivity contribution in [1.82, 2.24) is 19.8 Å². The van der Waals surface area contributed by atoms with E-state index in [0.29, 0.717) is 60.0 Å². The number of halogens is 3. The predicted octanol–water partition coefficient (Wildman–Crippen LogP) is 5.30. The minimum atomic E-state index is -2.95. The Morgan fingerprint density at radius 2 is 1.90 bits per heavy atom. The molecular weight excluding hydrogens is 576 g/mol. The van der Waals surface area contributed by atoms with Gasteiger partial charge in [0.25, 0.3) is 0 Å². The Kier molecular flexibility index (Phi) is 7.80. The van der Waals surface area contributed by atoms with Gasteiger partial charge in [-0.2, -0.15) is 18.7 Å². The summed E-state index contributed by atoms with van der Waals surface area (Å²) in [6.07, 6.45) is 3.67. The minimum Gasteiger partial charge on any atom is -0.462 e. The van der Waals surface area contributed by atoms with Crippen LogP contribution in [0.15, 0.2) is 16.6 Å². The van der Waals surface area contributed by atoms with Crippen molar-refractivity contribution in [3.05, 3.63) is 16.6 Å². The van der Waals surface area contributed by atoms with Crippen LogP contribution in [0.25, 0.3) is 10.9 Å². The molecule has 1 spiro atoms. The molecule has 214 valence electrons. The van der Waals surface area contributed by atoms with E-state index in [9.17, 15) is 13.6 Å². The summed E-state index contributed by atoms with van der Waals surface area (Å²) in [5.74, 6) is 0.670. The Morgan fingerprint density at radius 1 is 1.18 bits per heavy atom. The number of benzene rings is 1. The molecule has 1 aromatic heterocycles. The van der Waals surface area contributed by atoms with Crippen molar-refractivity contribution >= 4 is 38.7 Å². The number of hydrogen-bond acceptors (Lipinski definition) is 8. The third-order valence-electron chi connectivity index (χ3n) is 7.83. The second kappa shape index (κ2) is 10.8. The Morgan fingerprint density at radius 3 is 2.51 bits per heavy atom. The van der Waals surface area contributed by atoms with E-state index in [1.165, 1.54) is 0 Å². The average Bonchev–Trinajstić information content (AvgIpc) is 3.24. The summed E-state index contributed by atoms with van der Waals surface area (Å²) in [6.45, 7) is 6.93. The number of piperidine rings is 1. The van der Waals surface area contributed by atoms with Crippen molar-refractivity contribution in [2.45, 2.75) is 64.7 Å². The van der Waals surface area contributed by atoms with E-state index in [4.69, 9.17) is 19.2 Å². The molecule has 4 heterocycles. The van der Waals surface area contributed by atoms with Gasteiger partial charge in [-0.15, -0.1) is 0 Å². The molecule has 3 aliphatic rings. The number of carbonyl (C=O) groups excluding carboxylic acids is 1. The number of aromatic nitrogens is 2. The molecule has 12 heteroatoms. The van der Waals surface area contributed by atoms with E-state index in [1.54, 1.807) is 17.0 Å². The average molecular weight is 613 g/mol. The molecule has 0 saturated carbocycles. The van der Waals surface area contributed by atoms with Crippen LogP contribution >= 0.6 is 15.9 Å². The van der Waals surface area contributed by atoms with E-state index in [-0.39, 0.29) is 23.3 Å². The number of carbonyl (C=O) groups is 1. The molecule has 0 aliphatic carbocycles. The normalized spacial score (nSPS) is 21.5. The molecular formula is C27H36BrF2N5O4. The van der Waals surface area contributed by atoms with Crippen LogP contribution in [0.5, 0.6) is 11.8 Å². The van der Waals surface area contributed by atoms with E-state index >= 15 is 0 Å². The van der Waals surface area contributed by atoms with Gasteiger partial charge in [-0.1, -0.05) is 0 Å². The number of fused-ring (bicyclic) bond motifs is 1. The molecule has 0 radical (unpaired) electrons. The van der Waals surface area contributed by atoms with Gasteiger partial charge in [0.15, 0.2) is 0 Å². The second-order valence-electron chi connectivity index (χ2n) is 11.9. The summed E-state index contributed by atoms with van der Waals surface area (Å²) < 4.78 is 42.8. The SMILES string of the molecule is CN1CCCC1COc1nc(N2CCC3(CC2)CN(C(=O)OC(C)(C)C)C3)c2cc(OC(F)F)c(Br)cc2n1. The van der Waals surface area contributed by atoms with Gasteiger partial charge < -0.3 is 28.9 Å². The second-order valence-corrected chi connectivity index (χ2v) is 12.8. The molecule has 1 unspecified atom stereocenters. The highest BCUT2D eigenvalue weighted by Gasteiger charge is 2.48. The summed E-state index contributed by atoms with van der Waals surface area (Å²) >= 11 is 3.34. The van der Waals surface area contributed by atoms with Crippen molar-refractivity contribution in [2.24, 2.45) is 5.41 Å². The third-order valence-corrected chi connectivity index (χ3v) is 8.45. The molecule has 2 aromatic rings. The summed E-state index contributed by atoms with van der Waals surface area (Å²) in [6, 6.07) is 3.81. The molecule has 3 fully saturated rings. The first-order chi connectivity index (χ1) is 18.4. The highest BCUT2D eigenvalue weighted by atomic mass is 79.9. The summed E-state index contributed by atoms with van der Waals surface area (Å²) in [5.41, 5.74) is 0.116. The zero-order valence-electron chi connectivity index (χ0n) is 22.9. The van der Waals surface area contributed by atoms with Crippen molar-refractivity contribution in [3.63, 3.8) is 0 Å². The number of nitrogens with zero attached hydrogens (tertiary/aromatic N) is 5. The first kappa shape index (κ1) is 28.1. The first-order valence-electron chi connectivity index (χ1n) is 13.4. The standard InChI is InChI=1S/C27H36BrF2N5O4/c1-26(2,3)39-25(36)35-15-27(16-35)7-10-34(11-8-27)22-18-12-21(38-23(29)30)19(28)13-20(18)31-24(32-22)37-14-17-6-5-9-33(17)4/h12-13,17,23H,5-11,14-16H2,1-4H3. The van der Waals surface area contributed by atoms with E-state index in [0.717, 1.165) is 32.2 Å². The maximum Gasteiger partial charge on any atom is 0.410 e. The predicted molar refractivity (Wildman–Crippen MR) is 147 cm³/mol. The molecule has 1 atom stereocenters. The largest absolute Gasteiger partial charge is 0.462 e. The Balaban J connectivity index is 1.35. The number of likely N-dealkylation sites (tertiary alicyclic amines) is 2. The van der Waals surface area contributed by atoms with E-state index in [1.807, 2.05) is 20.8 Å². The number of likely N-dealkylation sites (N-methyl/N-ethyl adjacent to an activating group) is 1. The number of alkyl halides is 2. The van der Waals surface area contributed by atoms with Crippen LogP contribution in [-0.4, -0.2) is 90.5 Å². The fraction of sp³-hybridized carbons (Fsp3) is 0.667. The van der Waals surface area contributed by atoms with Gasteiger partial charge in [0.2, 0.25) is 0 Å². The van der Waals surface area contributed by atoms with Crippen LogP contribution in [0.1, 0.15) is 46.5 Å². The van der Waals surface area contributed by atoms with Crippen LogP contribution < -0.4 is 14.4 Å². The van der Waals surface area contributed by atoms with Gasteiger partial charge in [-0.25, -0.2) is 4.79 Å². The van der Waals surface area contributed by atoms with E-state index < -0.39 is 12.2 Å². The van der Waals surface area contributed by atoms with Crippen molar-refractivity contribution in [2.75, 3.05) is 51.3 Å². The molecule has 1 amide bonds. The number of ether oxygens (including phenoxy) is 3. The number of anilines is 1. The first-order valence-corrected chi connectivity index (χ1v) is 14.2. The van der Waals surface area contributed by atoms with Crippen LogP contribution in [-0.2, 0) is 4.74 Å². The quantitative estimate of drug-likeness (QED) is 0.435. The fourth-order valence-electron chi connectivity index (χ4n) is 5.67. The number of amides is 1. The maximum atomic E-state index is 13.1. The summed E-state index contributed by atoms with van der Waals surface area (Å²) in [5, 5.41) is 0.624. The van der Waals surface area contributed by atoms with Gasteiger partial charge in [0, 0.05) is 43.0 Å². The zero-order chi connectivity index (χ0) is 27.9. The fourth-order valence-corrected chi connectivity index (χ4v) is 6.10. The molecule has 0 bridgehead atoms. The van der Waals surface area contributed by atoms with E-state index in [2.05, 4.69) is 37.8 Å². The topological polar surface area (TPSA) is 80.3 Å². The molecule has 5 rings (SSSR count). The highest BCUT2D eigenvalue weighted by Crippen LogP contribution is 2.43. The lowest BCUT2D eigenvalue weighted by Gasteiger charge is -2.53. The molecule has 39 heavy (non-hydrogen) atoms. The monoisotopic (exact) mass is 611 g/mol. The lowest BCUT2D eigenvalue weighted by atomic mass is 9.72. The maximum absolute atomic E-state index is 13.1. The minimum absolute atomic E-state index is 0.0315. The summed E-state index contributed by atoms with van der Waals surface area (Å²) in [7, 11) is 2.09. The Bertz CT molecular complexity index is 1210. The molecule has 3 saturated heterocycles. The molecule has 1 aromatic carbocycles.